The van der Waals surface area contributed by atoms with E-state index in [9.17, 15) is 14.9 Å². The summed E-state index contributed by atoms with van der Waals surface area (Å²) in [6.45, 7) is 3.20. The van der Waals surface area contributed by atoms with Crippen molar-refractivity contribution in [3.05, 3.63) is 33.9 Å². The lowest BCUT2D eigenvalue weighted by atomic mass is 10.1. The van der Waals surface area contributed by atoms with Gasteiger partial charge in [-0.3, -0.25) is 14.9 Å². The summed E-state index contributed by atoms with van der Waals surface area (Å²) in [5.41, 5.74) is 0.916. The number of hydrogen-bond donors (Lipinski definition) is 0. The number of nitrogens with zero attached hydrogens (tertiary/aromatic N) is 2. The number of nitro benzene ring substituents is 1. The Labute approximate surface area is 99.2 Å². The summed E-state index contributed by atoms with van der Waals surface area (Å²) < 4.78 is 0. The number of rotatable bonds is 3. The van der Waals surface area contributed by atoms with Gasteiger partial charge in [-0.2, -0.15) is 0 Å². The van der Waals surface area contributed by atoms with E-state index in [1.165, 1.54) is 13.0 Å². The molecule has 1 fully saturated rings. The van der Waals surface area contributed by atoms with Crippen LogP contribution in [0.3, 0.4) is 0 Å². The van der Waals surface area contributed by atoms with Gasteiger partial charge in [0.1, 0.15) is 0 Å². The number of nitro groups is 1. The lowest BCUT2D eigenvalue weighted by Gasteiger charge is -2.17. The molecule has 2 rings (SSSR count). The van der Waals surface area contributed by atoms with Crippen LogP contribution in [0.15, 0.2) is 18.2 Å². The molecule has 0 atom stereocenters. The summed E-state index contributed by atoms with van der Waals surface area (Å²) in [5.74, 6) is -0.273. The van der Waals surface area contributed by atoms with Crippen molar-refractivity contribution < 1.29 is 9.72 Å². The summed E-state index contributed by atoms with van der Waals surface area (Å²) >= 11 is 0. The highest BCUT2D eigenvalue weighted by Crippen LogP contribution is 2.28. The zero-order valence-corrected chi connectivity index (χ0v) is 9.68. The maximum Gasteiger partial charge on any atom is 0.282 e. The molecule has 0 saturated carbocycles. The zero-order valence-electron chi connectivity index (χ0n) is 9.68. The third-order valence-electron chi connectivity index (χ3n) is 3.03. The van der Waals surface area contributed by atoms with Crippen LogP contribution in [0.25, 0.3) is 0 Å². The lowest BCUT2D eigenvalue weighted by Crippen LogP contribution is -2.18. The second-order valence-electron chi connectivity index (χ2n) is 4.21. The zero-order chi connectivity index (χ0) is 12.4. The van der Waals surface area contributed by atoms with Gasteiger partial charge in [-0.15, -0.1) is 0 Å². The second kappa shape index (κ2) is 4.53. The van der Waals surface area contributed by atoms with Crippen molar-refractivity contribution in [2.24, 2.45) is 0 Å². The average Bonchev–Trinajstić information content (AvgIpc) is 2.81. The predicted molar refractivity (Wildman–Crippen MR) is 64.5 cm³/mol. The molecule has 0 amide bonds. The molecule has 0 unspecified atom stereocenters. The van der Waals surface area contributed by atoms with Crippen molar-refractivity contribution in [3.8, 4) is 0 Å². The number of benzene rings is 1. The molecule has 1 aliphatic heterocycles. The van der Waals surface area contributed by atoms with Gasteiger partial charge < -0.3 is 4.90 Å². The first-order valence-corrected chi connectivity index (χ1v) is 5.64. The van der Waals surface area contributed by atoms with Crippen molar-refractivity contribution in [1.82, 2.24) is 0 Å². The number of anilines is 1. The average molecular weight is 234 g/mol. The molecule has 0 radical (unpaired) electrons. The molecular formula is C12H14N2O3. The molecule has 0 aromatic heterocycles. The molecule has 0 bridgehead atoms. The Kier molecular flexibility index (Phi) is 3.08. The molecule has 1 aromatic rings. The van der Waals surface area contributed by atoms with Gasteiger partial charge in [0.25, 0.3) is 5.69 Å². The number of ketones is 1. The Hall–Kier alpha value is -1.91. The van der Waals surface area contributed by atoms with Crippen molar-refractivity contribution in [2.45, 2.75) is 19.8 Å². The van der Waals surface area contributed by atoms with Crippen molar-refractivity contribution in [2.75, 3.05) is 18.0 Å². The van der Waals surface area contributed by atoms with Gasteiger partial charge in [0.2, 0.25) is 0 Å². The molecule has 0 spiro atoms. The predicted octanol–water partition coefficient (Wildman–Crippen LogP) is 2.40. The van der Waals surface area contributed by atoms with Crippen LogP contribution in [0.5, 0.6) is 0 Å². The van der Waals surface area contributed by atoms with E-state index in [1.807, 2.05) is 0 Å². The van der Waals surface area contributed by atoms with E-state index in [0.29, 0.717) is 0 Å². The summed E-state index contributed by atoms with van der Waals surface area (Å²) in [6, 6.07) is 4.84. The molecule has 0 aliphatic carbocycles. The van der Waals surface area contributed by atoms with Gasteiger partial charge in [-0.25, -0.2) is 0 Å². The van der Waals surface area contributed by atoms with Gasteiger partial charge in [0.05, 0.1) is 10.5 Å². The Morgan fingerprint density at radius 2 is 2.00 bits per heavy atom. The number of hydrogen-bond acceptors (Lipinski definition) is 4. The Bertz CT molecular complexity index is 465. The number of carbonyl (C=O) groups excluding carboxylic acids is 1. The largest absolute Gasteiger partial charge is 0.371 e. The van der Waals surface area contributed by atoms with E-state index in [1.54, 1.807) is 12.1 Å². The molecule has 1 heterocycles. The van der Waals surface area contributed by atoms with Crippen LogP contribution >= 0.6 is 0 Å². The van der Waals surface area contributed by atoms with E-state index < -0.39 is 4.92 Å². The quantitative estimate of drug-likeness (QED) is 0.457. The number of Topliss-reactive ketones (excluding diaryl/α,β-unsaturated/α-hetero) is 1. The van der Waals surface area contributed by atoms with E-state index >= 15 is 0 Å². The molecule has 0 N–H and O–H groups in total. The molecule has 90 valence electrons. The third-order valence-corrected chi connectivity index (χ3v) is 3.03. The van der Waals surface area contributed by atoms with Crippen LogP contribution in [0.1, 0.15) is 30.1 Å². The minimum absolute atomic E-state index is 0.0955. The molecule has 5 heteroatoms. The molecule has 5 nitrogen and oxygen atoms in total. The van der Waals surface area contributed by atoms with E-state index in [2.05, 4.69) is 4.90 Å². The summed E-state index contributed by atoms with van der Waals surface area (Å²) in [5, 5.41) is 10.9. The lowest BCUT2D eigenvalue weighted by molar-refractivity contribution is -0.385. The molecule has 1 saturated heterocycles. The minimum Gasteiger partial charge on any atom is -0.371 e. The molecule has 1 aliphatic rings. The fourth-order valence-corrected chi connectivity index (χ4v) is 2.14. The monoisotopic (exact) mass is 234 g/mol. The Morgan fingerprint density at radius 1 is 1.35 bits per heavy atom. The smallest absolute Gasteiger partial charge is 0.282 e. The SMILES string of the molecule is CC(=O)c1ccc(N2CCCC2)cc1[N+](=O)[O-]. The highest BCUT2D eigenvalue weighted by Gasteiger charge is 2.21. The maximum absolute atomic E-state index is 11.3. The first-order valence-electron chi connectivity index (χ1n) is 5.64. The fraction of sp³-hybridized carbons (Fsp3) is 0.417. The first-order chi connectivity index (χ1) is 8.09. The van der Waals surface area contributed by atoms with Crippen LogP contribution in [0.4, 0.5) is 11.4 Å². The summed E-state index contributed by atoms with van der Waals surface area (Å²) in [6.07, 6.45) is 2.23. The number of carbonyl (C=O) groups is 1. The standard InChI is InChI=1S/C12H14N2O3/c1-9(15)11-5-4-10(8-12(11)14(16)17)13-6-2-3-7-13/h4-5,8H,2-3,6-7H2,1H3. The normalized spacial score (nSPS) is 15.0. The third kappa shape index (κ3) is 2.27. The fourth-order valence-electron chi connectivity index (χ4n) is 2.14. The van der Waals surface area contributed by atoms with Gasteiger partial charge in [0.15, 0.2) is 5.78 Å². The highest BCUT2D eigenvalue weighted by atomic mass is 16.6. The Morgan fingerprint density at radius 3 is 2.53 bits per heavy atom. The Balaban J connectivity index is 2.41. The van der Waals surface area contributed by atoms with Gasteiger partial charge in [-0.05, 0) is 31.9 Å². The molecular weight excluding hydrogens is 220 g/mol. The summed E-state index contributed by atoms with van der Waals surface area (Å²) in [7, 11) is 0. The minimum atomic E-state index is -0.490. The second-order valence-corrected chi connectivity index (χ2v) is 4.21. The van der Waals surface area contributed by atoms with Crippen LogP contribution in [0.2, 0.25) is 0 Å². The van der Waals surface area contributed by atoms with E-state index in [0.717, 1.165) is 31.6 Å². The van der Waals surface area contributed by atoms with Crippen molar-refractivity contribution in [1.29, 1.82) is 0 Å². The van der Waals surface area contributed by atoms with Gasteiger partial charge in [0, 0.05) is 24.8 Å². The van der Waals surface area contributed by atoms with Crippen LogP contribution < -0.4 is 4.90 Å². The molecule has 1 aromatic carbocycles. The van der Waals surface area contributed by atoms with Gasteiger partial charge >= 0.3 is 0 Å². The van der Waals surface area contributed by atoms with Crippen LogP contribution in [-0.4, -0.2) is 23.8 Å². The topological polar surface area (TPSA) is 63.5 Å². The van der Waals surface area contributed by atoms with Crippen LogP contribution in [0, 0.1) is 10.1 Å². The highest BCUT2D eigenvalue weighted by molar-refractivity contribution is 5.98. The van der Waals surface area contributed by atoms with Gasteiger partial charge in [-0.1, -0.05) is 0 Å². The van der Waals surface area contributed by atoms with E-state index in [4.69, 9.17) is 0 Å². The first kappa shape index (κ1) is 11.6. The van der Waals surface area contributed by atoms with Crippen LogP contribution in [-0.2, 0) is 0 Å². The van der Waals surface area contributed by atoms with E-state index in [-0.39, 0.29) is 17.0 Å². The van der Waals surface area contributed by atoms with Crippen molar-refractivity contribution >= 4 is 17.2 Å². The molecule has 17 heavy (non-hydrogen) atoms. The maximum atomic E-state index is 11.3. The van der Waals surface area contributed by atoms with Crippen molar-refractivity contribution in [3.63, 3.8) is 0 Å². The summed E-state index contributed by atoms with van der Waals surface area (Å²) in [4.78, 5) is 23.8.